The Labute approximate surface area is 529 Å². The van der Waals surface area contributed by atoms with Gasteiger partial charge in [0.25, 0.3) is 0 Å². The molecule has 0 saturated carbocycles. The van der Waals surface area contributed by atoms with Crippen LogP contribution in [0.4, 0.5) is 11.4 Å². The van der Waals surface area contributed by atoms with Crippen LogP contribution in [0.5, 0.6) is 0 Å². The maximum absolute atomic E-state index is 11.2. The summed E-state index contributed by atoms with van der Waals surface area (Å²) in [4.78, 5) is 2.51. The van der Waals surface area contributed by atoms with Gasteiger partial charge < -0.3 is 9.45 Å². The highest BCUT2D eigenvalue weighted by Gasteiger charge is 2.45. The van der Waals surface area contributed by atoms with Crippen LogP contribution in [0.25, 0.3) is 21.5 Å². The molecule has 2 aliphatic rings. The number of nitrogens with zero attached hydrogens (tertiary/aromatic N) is 2. The van der Waals surface area contributed by atoms with Gasteiger partial charge in [0.05, 0.1) is 15.5 Å². The van der Waals surface area contributed by atoms with Crippen molar-refractivity contribution in [3.8, 4) is 225 Å². The summed E-state index contributed by atoms with van der Waals surface area (Å²) in [5.41, 5.74) is 7.24. The Morgan fingerprint density at radius 2 is 0.831 bits per heavy atom. The van der Waals surface area contributed by atoms with Gasteiger partial charge in [-0.25, -0.2) is 8.42 Å². The molecule has 89 heavy (non-hydrogen) atoms. The summed E-state index contributed by atoms with van der Waals surface area (Å²) in [7, 11) is -4.22. The van der Waals surface area contributed by atoms with Gasteiger partial charge in [0.1, 0.15) is 6.54 Å². The van der Waals surface area contributed by atoms with Crippen molar-refractivity contribution in [2.45, 2.75) is 85.0 Å². The maximum Gasteiger partial charge on any atom is 0.210 e. The minimum atomic E-state index is -4.22. The van der Waals surface area contributed by atoms with Crippen LogP contribution in [-0.2, 0) is 20.9 Å². The van der Waals surface area contributed by atoms with Crippen molar-refractivity contribution in [1.82, 2.24) is 0 Å². The Bertz CT molecular complexity index is 4900. The van der Waals surface area contributed by atoms with Crippen LogP contribution in [0, 0.1) is 225 Å². The van der Waals surface area contributed by atoms with Gasteiger partial charge in [-0.1, -0.05) is 124 Å². The van der Waals surface area contributed by atoms with Crippen molar-refractivity contribution >= 4 is 48.7 Å². The largest absolute Gasteiger partial charge is 0.748 e. The summed E-state index contributed by atoms with van der Waals surface area (Å²) in [5.74, 6) is 95.3. The molecule has 0 bridgehead atoms. The number of allylic oxidation sites excluding steroid dienone is 8. The normalized spacial score (nSPS) is 11.6. The summed E-state index contributed by atoms with van der Waals surface area (Å²) in [6.45, 7) is 16.5. The quantitative estimate of drug-likeness (QED) is 0.0466. The standard InChI is InChI=1S/C43H48N2O3S.C40H6/c1-6-7-29-44-36-27-25-32-19-13-15-21-34(32)40(36)42(2,3)38(44)23-11-9-8-10-12-24-39-43(4,5)41-35-22-16-14-20-33(35)26-28-37(41)45(39)30-17-18-31-49(46,47)48;1-3-5-7-9-11-13-15-17-19-21-23-25-27-29-31-33-35-37-39-40-38-36-34-32-30-28-26-24-22-20-18-16-14-12-10-8-6-4-2/h8-16,19-28H,6-7,17-18,29-31H2,1-5H3;1-2H3. The van der Waals surface area contributed by atoms with Crippen molar-refractivity contribution in [3.05, 3.63) is 132 Å². The molecule has 0 radical (unpaired) electrons. The average Bonchev–Trinajstić information content (AvgIpc) is 1.61. The monoisotopic (exact) mass is 1160 g/mol. The second-order valence-corrected chi connectivity index (χ2v) is 20.8. The lowest BCUT2D eigenvalue weighted by molar-refractivity contribution is -0.438. The highest BCUT2D eigenvalue weighted by molar-refractivity contribution is 7.85. The Kier molecular flexibility index (Phi) is 28.3. The topological polar surface area (TPSA) is 63.5 Å². The zero-order chi connectivity index (χ0) is 63.7. The first kappa shape index (κ1) is 67.2. The summed E-state index contributed by atoms with van der Waals surface area (Å²) >= 11 is 0. The van der Waals surface area contributed by atoms with Gasteiger partial charge in [0.15, 0.2) is 5.71 Å². The zero-order valence-corrected chi connectivity index (χ0v) is 51.3. The lowest BCUT2D eigenvalue weighted by Crippen LogP contribution is -2.28. The third-order valence-electron chi connectivity index (χ3n) is 12.7. The van der Waals surface area contributed by atoms with E-state index in [-0.39, 0.29) is 16.6 Å². The van der Waals surface area contributed by atoms with Crippen LogP contribution in [-0.4, -0.2) is 42.1 Å². The van der Waals surface area contributed by atoms with E-state index in [0.717, 1.165) is 30.8 Å². The van der Waals surface area contributed by atoms with E-state index in [0.29, 0.717) is 19.4 Å². The molecular weight excluding hydrogens is 1100 g/mol. The molecule has 2 aliphatic heterocycles. The van der Waals surface area contributed by atoms with Gasteiger partial charge in [0, 0.05) is 172 Å². The molecule has 0 aliphatic carbocycles. The van der Waals surface area contributed by atoms with Gasteiger partial charge in [-0.3, -0.25) is 0 Å². The third-order valence-corrected chi connectivity index (χ3v) is 13.4. The van der Waals surface area contributed by atoms with E-state index >= 15 is 0 Å². The second-order valence-electron chi connectivity index (χ2n) is 19.3. The van der Waals surface area contributed by atoms with E-state index < -0.39 is 10.1 Å². The van der Waals surface area contributed by atoms with Crippen molar-refractivity contribution in [2.75, 3.05) is 23.7 Å². The first-order valence-corrected chi connectivity index (χ1v) is 29.4. The Morgan fingerprint density at radius 1 is 0.449 bits per heavy atom. The fraction of sp³-hybridized carbons (Fsp3) is 0.193. The number of anilines is 1. The molecule has 4 aromatic carbocycles. The molecule has 0 aromatic heterocycles. The molecule has 0 N–H and O–H groups in total. The summed E-state index contributed by atoms with van der Waals surface area (Å²) in [6, 6.07) is 26.0. The molecule has 0 amide bonds. The van der Waals surface area contributed by atoms with Gasteiger partial charge in [0.2, 0.25) is 5.69 Å². The lowest BCUT2D eigenvalue weighted by atomic mass is 9.79. The Morgan fingerprint density at radius 3 is 1.25 bits per heavy atom. The fourth-order valence-electron chi connectivity index (χ4n) is 9.09. The highest BCUT2D eigenvalue weighted by Crippen LogP contribution is 2.51. The van der Waals surface area contributed by atoms with Crippen LogP contribution < -0.4 is 4.90 Å². The van der Waals surface area contributed by atoms with Crippen LogP contribution in [0.2, 0.25) is 0 Å². The van der Waals surface area contributed by atoms with Gasteiger partial charge in [-0.15, -0.1) is 0 Å². The van der Waals surface area contributed by atoms with Crippen LogP contribution in [0.15, 0.2) is 121 Å². The van der Waals surface area contributed by atoms with E-state index in [1.165, 1.54) is 44.1 Å². The van der Waals surface area contributed by atoms with Crippen LogP contribution in [0.1, 0.15) is 85.3 Å². The van der Waals surface area contributed by atoms with E-state index in [9.17, 15) is 13.0 Å². The molecule has 6 heteroatoms. The number of fused-ring (bicyclic) bond motifs is 6. The smallest absolute Gasteiger partial charge is 0.210 e. The Balaban J connectivity index is 0.000000333. The van der Waals surface area contributed by atoms with Gasteiger partial charge >= 0.3 is 0 Å². The van der Waals surface area contributed by atoms with Crippen LogP contribution in [0.3, 0.4) is 0 Å². The van der Waals surface area contributed by atoms with E-state index in [1.54, 1.807) is 13.8 Å². The van der Waals surface area contributed by atoms with Gasteiger partial charge in [-0.05, 0) is 181 Å². The van der Waals surface area contributed by atoms with Crippen molar-refractivity contribution in [2.24, 2.45) is 0 Å². The molecule has 420 valence electrons. The zero-order valence-electron chi connectivity index (χ0n) is 50.4. The predicted octanol–water partition coefficient (Wildman–Crippen LogP) is 10.9. The van der Waals surface area contributed by atoms with Crippen molar-refractivity contribution < 1.29 is 17.5 Å². The molecule has 4 aromatic rings. The van der Waals surface area contributed by atoms with Crippen LogP contribution >= 0.6 is 0 Å². The predicted molar refractivity (Wildman–Crippen MR) is 364 cm³/mol. The van der Waals surface area contributed by atoms with Gasteiger partial charge in [-0.2, -0.15) is 4.58 Å². The first-order valence-electron chi connectivity index (χ1n) is 27.8. The molecular formula is C83H54N2O3S. The highest BCUT2D eigenvalue weighted by atomic mass is 32.2. The Hall–Kier alpha value is -12.6. The number of rotatable bonds is 12. The number of unbranched alkanes of at least 4 members (excludes halogenated alkanes) is 2. The molecule has 0 spiro atoms. The molecule has 6 rings (SSSR count). The molecule has 0 unspecified atom stereocenters. The second kappa shape index (κ2) is 37.6. The van der Waals surface area contributed by atoms with E-state index in [2.05, 4.69) is 384 Å². The molecule has 2 heterocycles. The number of hydrogen-bond acceptors (Lipinski definition) is 4. The first-order chi connectivity index (χ1) is 43.4. The summed E-state index contributed by atoms with van der Waals surface area (Å²) in [6.07, 6.45) is 18.2. The fourth-order valence-corrected chi connectivity index (χ4v) is 9.65. The minimum Gasteiger partial charge on any atom is -0.748 e. The molecule has 0 fully saturated rings. The summed E-state index contributed by atoms with van der Waals surface area (Å²) < 4.78 is 36.0. The number of benzene rings is 4. The third kappa shape index (κ3) is 22.5. The molecule has 0 saturated heterocycles. The average molecular weight is 1160 g/mol. The molecule has 5 nitrogen and oxygen atoms in total. The minimum absolute atomic E-state index is 0.122. The van der Waals surface area contributed by atoms with Crippen molar-refractivity contribution in [1.29, 1.82) is 0 Å². The molecule has 0 atom stereocenters. The maximum atomic E-state index is 11.2. The summed E-state index contributed by atoms with van der Waals surface area (Å²) in [5, 5.41) is 5.04. The van der Waals surface area contributed by atoms with E-state index in [1.807, 2.05) is 0 Å². The van der Waals surface area contributed by atoms with E-state index in [4.69, 9.17) is 0 Å². The number of hydrogen-bond donors (Lipinski definition) is 0. The van der Waals surface area contributed by atoms with Crippen molar-refractivity contribution in [3.63, 3.8) is 0 Å². The lowest BCUT2D eigenvalue weighted by Gasteiger charge is -2.27. The SMILES string of the molecule is CC#CC#CC#CC#CC#CC#CC#CC#CC#CC#CC#CC#CC#CC#CC#CC#CC#CC#CC#CC.CCCCN1/C(=C/C=C/C=C/C=C/C2=[N+](CCCCS(=O)(=O)[O-])c3ccc4ccccc4c3C2(C)C)C(C)(C)c2c1ccc1ccccc21.